The van der Waals surface area contributed by atoms with Crippen LogP contribution >= 0.6 is 11.6 Å². The predicted molar refractivity (Wildman–Crippen MR) is 91.8 cm³/mol. The van der Waals surface area contributed by atoms with Gasteiger partial charge >= 0.3 is 6.18 Å². The maximum atomic E-state index is 13.0. The third-order valence-corrected chi connectivity index (χ3v) is 7.79. The van der Waals surface area contributed by atoms with Crippen molar-refractivity contribution >= 4 is 24.9 Å². The van der Waals surface area contributed by atoms with Crippen LogP contribution in [0.15, 0.2) is 46.8 Å². The smallest absolute Gasteiger partial charge is 0.391 e. The lowest BCUT2D eigenvalue weighted by atomic mass is 10.2. The number of unbranched alkanes of at least 4 members (excludes halogenated alkanes) is 1. The second-order valence-corrected chi connectivity index (χ2v) is 10.7. The van der Waals surface area contributed by atoms with E-state index in [2.05, 4.69) is 5.73 Å². The van der Waals surface area contributed by atoms with E-state index in [1.807, 2.05) is 43.4 Å². The molecule has 0 aliphatic carbocycles. The number of hydrogen-bond acceptors (Lipinski definition) is 1. The number of rotatable bonds is 7. The molecule has 1 N–H and O–H groups in total. The van der Waals surface area contributed by atoms with Crippen LogP contribution < -0.4 is 5.19 Å². The minimum Gasteiger partial charge on any atom is -0.391 e. The minimum atomic E-state index is -4.56. The molecule has 0 atom stereocenters. The highest BCUT2D eigenvalue weighted by Crippen LogP contribution is 2.27. The van der Waals surface area contributed by atoms with Gasteiger partial charge in [0.05, 0.1) is 12.2 Å². The Balaban J connectivity index is 3.37. The quantitative estimate of drug-likeness (QED) is 0.326. The SMILES string of the molecule is C[Si](C)(C(=C=C(CO)C(F)(F)F)CCCCCl)c1ccccc1. The molecule has 0 aliphatic rings. The molecule has 0 spiro atoms. The summed E-state index contributed by atoms with van der Waals surface area (Å²) in [5.74, 6) is 0.483. The first-order chi connectivity index (χ1) is 10.7. The van der Waals surface area contributed by atoms with Gasteiger partial charge in [0.2, 0.25) is 0 Å². The van der Waals surface area contributed by atoms with Gasteiger partial charge in [0.1, 0.15) is 8.07 Å². The lowest BCUT2D eigenvalue weighted by Gasteiger charge is -2.26. The van der Waals surface area contributed by atoms with Gasteiger partial charge in [0.15, 0.2) is 0 Å². The molecule has 0 fully saturated rings. The number of aliphatic hydroxyl groups is 1. The topological polar surface area (TPSA) is 20.2 Å². The first kappa shape index (κ1) is 20.0. The van der Waals surface area contributed by atoms with Crippen LogP contribution in [0, 0.1) is 0 Å². The standard InChI is InChI=1S/C17H22ClF3OSi/c1-23(2,15-8-4-3-5-9-15)16(10-6-7-11-18)12-14(13-22)17(19,20)21/h3-5,8-9,22H,6-7,10-11,13H2,1-2H3. The Morgan fingerprint density at radius 1 is 1.17 bits per heavy atom. The summed E-state index contributed by atoms with van der Waals surface area (Å²) in [6, 6.07) is 9.56. The second kappa shape index (κ2) is 8.74. The zero-order valence-corrected chi connectivity index (χ0v) is 15.1. The number of aliphatic hydroxyl groups excluding tert-OH is 1. The summed E-state index contributed by atoms with van der Waals surface area (Å²) in [5, 5.41) is 10.8. The summed E-state index contributed by atoms with van der Waals surface area (Å²) < 4.78 is 38.9. The average Bonchev–Trinajstić information content (AvgIpc) is 2.50. The molecule has 0 saturated heterocycles. The van der Waals surface area contributed by atoms with Crippen molar-refractivity contribution in [2.45, 2.75) is 38.5 Å². The van der Waals surface area contributed by atoms with Gasteiger partial charge in [-0.05, 0) is 24.5 Å². The monoisotopic (exact) mass is 362 g/mol. The molecule has 23 heavy (non-hydrogen) atoms. The Morgan fingerprint density at radius 2 is 1.78 bits per heavy atom. The Hall–Kier alpha value is -1.00. The van der Waals surface area contributed by atoms with E-state index in [9.17, 15) is 13.2 Å². The van der Waals surface area contributed by atoms with Crippen LogP contribution in [0.4, 0.5) is 13.2 Å². The molecule has 0 bridgehead atoms. The highest BCUT2D eigenvalue weighted by atomic mass is 35.5. The highest BCUT2D eigenvalue weighted by Gasteiger charge is 2.35. The van der Waals surface area contributed by atoms with Crippen LogP contribution in [0.3, 0.4) is 0 Å². The zero-order chi connectivity index (χ0) is 17.5. The van der Waals surface area contributed by atoms with Crippen LogP contribution in [0.25, 0.3) is 0 Å². The van der Waals surface area contributed by atoms with Crippen LogP contribution in [-0.4, -0.2) is 31.8 Å². The van der Waals surface area contributed by atoms with E-state index < -0.39 is 26.4 Å². The van der Waals surface area contributed by atoms with Gasteiger partial charge in [0.25, 0.3) is 0 Å². The van der Waals surface area contributed by atoms with E-state index in [0.29, 0.717) is 23.9 Å². The van der Waals surface area contributed by atoms with Gasteiger partial charge in [-0.15, -0.1) is 17.3 Å². The van der Waals surface area contributed by atoms with Gasteiger partial charge in [-0.1, -0.05) is 48.6 Å². The summed E-state index contributed by atoms with van der Waals surface area (Å²) in [4.78, 5) is 0. The molecule has 1 aromatic carbocycles. The number of benzene rings is 1. The molecular formula is C17H22ClF3OSi. The normalized spacial score (nSPS) is 12.0. The van der Waals surface area contributed by atoms with Gasteiger partial charge in [-0.25, -0.2) is 0 Å². The molecule has 0 amide bonds. The van der Waals surface area contributed by atoms with Crippen molar-refractivity contribution in [3.8, 4) is 0 Å². The van der Waals surface area contributed by atoms with E-state index in [1.54, 1.807) is 0 Å². The number of halogens is 4. The van der Waals surface area contributed by atoms with Crippen molar-refractivity contribution in [3.63, 3.8) is 0 Å². The molecule has 1 aromatic rings. The molecule has 0 unspecified atom stereocenters. The van der Waals surface area contributed by atoms with Crippen LogP contribution in [0.2, 0.25) is 13.1 Å². The highest BCUT2D eigenvalue weighted by molar-refractivity contribution is 6.95. The molecule has 1 rings (SSSR count). The van der Waals surface area contributed by atoms with E-state index in [4.69, 9.17) is 16.7 Å². The van der Waals surface area contributed by atoms with Gasteiger partial charge in [-0.2, -0.15) is 13.2 Å². The summed E-state index contributed by atoms with van der Waals surface area (Å²) >= 11 is 5.68. The Bertz CT molecular complexity index is 561. The molecule has 0 aromatic heterocycles. The summed E-state index contributed by atoms with van der Waals surface area (Å²) in [5.41, 5.74) is 1.51. The van der Waals surface area contributed by atoms with Crippen molar-refractivity contribution in [2.75, 3.05) is 12.5 Å². The maximum absolute atomic E-state index is 13.0. The fraction of sp³-hybridized carbons (Fsp3) is 0.471. The van der Waals surface area contributed by atoms with Gasteiger partial charge < -0.3 is 5.11 Å². The largest absolute Gasteiger partial charge is 0.422 e. The third-order valence-electron chi connectivity index (χ3n) is 3.86. The van der Waals surface area contributed by atoms with Crippen LogP contribution in [0.5, 0.6) is 0 Å². The molecule has 128 valence electrons. The Kier molecular flexibility index (Phi) is 7.61. The third kappa shape index (κ3) is 5.85. The Labute approximate surface area is 141 Å². The summed E-state index contributed by atoms with van der Waals surface area (Å²) in [6.07, 6.45) is -2.59. The number of hydrogen-bond donors (Lipinski definition) is 1. The fourth-order valence-electron chi connectivity index (χ4n) is 2.34. The minimum absolute atomic E-state index is 0.483. The van der Waals surface area contributed by atoms with Crippen molar-refractivity contribution in [3.05, 3.63) is 46.8 Å². The van der Waals surface area contributed by atoms with E-state index >= 15 is 0 Å². The Morgan fingerprint density at radius 3 is 2.26 bits per heavy atom. The predicted octanol–water partition coefficient (Wildman–Crippen LogP) is 4.56. The average molecular weight is 363 g/mol. The van der Waals surface area contributed by atoms with Crippen molar-refractivity contribution in [2.24, 2.45) is 0 Å². The molecule has 6 heteroatoms. The molecular weight excluding hydrogens is 341 g/mol. The first-order valence-corrected chi connectivity index (χ1v) is 11.1. The maximum Gasteiger partial charge on any atom is 0.422 e. The van der Waals surface area contributed by atoms with Crippen molar-refractivity contribution < 1.29 is 18.3 Å². The first-order valence-electron chi connectivity index (χ1n) is 7.52. The van der Waals surface area contributed by atoms with E-state index in [-0.39, 0.29) is 0 Å². The fourth-order valence-corrected chi connectivity index (χ4v) is 5.17. The second-order valence-electron chi connectivity index (χ2n) is 5.88. The van der Waals surface area contributed by atoms with Crippen molar-refractivity contribution in [1.29, 1.82) is 0 Å². The van der Waals surface area contributed by atoms with Gasteiger partial charge in [-0.3, -0.25) is 0 Å². The molecule has 0 radical (unpaired) electrons. The molecule has 0 heterocycles. The lowest BCUT2D eigenvalue weighted by molar-refractivity contribution is -0.0973. The lowest BCUT2D eigenvalue weighted by Crippen LogP contribution is -2.43. The molecule has 0 aliphatic heterocycles. The van der Waals surface area contributed by atoms with Gasteiger partial charge in [0, 0.05) is 5.88 Å². The summed E-state index contributed by atoms with van der Waals surface area (Å²) in [7, 11) is -2.29. The number of alkyl halides is 4. The van der Waals surface area contributed by atoms with E-state index in [0.717, 1.165) is 11.6 Å². The van der Waals surface area contributed by atoms with Crippen LogP contribution in [0.1, 0.15) is 19.3 Å². The zero-order valence-electron chi connectivity index (χ0n) is 13.4. The van der Waals surface area contributed by atoms with E-state index in [1.165, 1.54) is 0 Å². The molecule has 1 nitrogen and oxygen atoms in total. The summed E-state index contributed by atoms with van der Waals surface area (Å²) in [6.45, 7) is 2.97. The van der Waals surface area contributed by atoms with Crippen LogP contribution in [-0.2, 0) is 0 Å². The van der Waals surface area contributed by atoms with Crippen molar-refractivity contribution in [1.82, 2.24) is 0 Å². The molecule has 0 saturated carbocycles.